The van der Waals surface area contributed by atoms with E-state index < -0.39 is 11.7 Å². The van der Waals surface area contributed by atoms with Crippen LogP contribution in [0.4, 0.5) is 19.0 Å². The summed E-state index contributed by atoms with van der Waals surface area (Å²) in [6.07, 6.45) is -2.58. The Morgan fingerprint density at radius 2 is 1.64 bits per heavy atom. The maximum Gasteiger partial charge on any atom is 0.416 e. The number of rotatable bonds is 3. The molecule has 1 amide bonds. The first kappa shape index (κ1) is 16.8. The number of aromatic nitrogens is 1. The van der Waals surface area contributed by atoms with E-state index in [2.05, 4.69) is 5.32 Å². The molecule has 25 heavy (non-hydrogen) atoms. The fraction of sp³-hybridized carbons (Fsp3) is 0.105. The third-order valence-electron chi connectivity index (χ3n) is 3.88. The fourth-order valence-electron chi connectivity index (χ4n) is 2.55. The molecule has 3 rings (SSSR count). The molecule has 1 aromatic heterocycles. The number of alkyl halides is 3. The molecule has 0 spiro atoms. The maximum absolute atomic E-state index is 12.7. The van der Waals surface area contributed by atoms with E-state index in [0.717, 1.165) is 12.1 Å². The van der Waals surface area contributed by atoms with E-state index in [1.807, 2.05) is 0 Å². The van der Waals surface area contributed by atoms with Gasteiger partial charge in [-0.1, -0.05) is 30.3 Å². The minimum Gasteiger partial charge on any atom is -0.338 e. The molecule has 1 N–H and O–H groups in total. The summed E-state index contributed by atoms with van der Waals surface area (Å²) in [7, 11) is 1.80. The zero-order chi connectivity index (χ0) is 18.0. The molecule has 6 heteroatoms. The Kier molecular flexibility index (Phi) is 4.35. The maximum atomic E-state index is 12.7. The number of nitrogens with zero attached hydrogens (tertiary/aromatic N) is 1. The minimum atomic E-state index is -4.39. The number of hydrogen-bond acceptors (Lipinski definition) is 1. The molecule has 0 bridgehead atoms. The standard InChI is InChI=1S/C19H15F3N2O/c1-24-12-4-7-17(24)23-18(25)16-6-3-2-5-15(16)13-8-10-14(11-9-13)19(20,21)22/h2-12H,1H3,(H,23,25). The minimum absolute atomic E-state index is 0.322. The summed E-state index contributed by atoms with van der Waals surface area (Å²) < 4.78 is 39.9. The zero-order valence-corrected chi connectivity index (χ0v) is 13.3. The van der Waals surface area contributed by atoms with Gasteiger partial charge in [-0.15, -0.1) is 0 Å². The van der Waals surface area contributed by atoms with Crippen LogP contribution in [-0.2, 0) is 13.2 Å². The predicted octanol–water partition coefficient (Wildman–Crippen LogP) is 4.96. The van der Waals surface area contributed by atoms with Crippen molar-refractivity contribution < 1.29 is 18.0 Å². The van der Waals surface area contributed by atoms with E-state index >= 15 is 0 Å². The normalized spacial score (nSPS) is 11.4. The Labute approximate surface area is 142 Å². The van der Waals surface area contributed by atoms with Gasteiger partial charge < -0.3 is 9.88 Å². The molecule has 0 radical (unpaired) electrons. The van der Waals surface area contributed by atoms with Crippen LogP contribution in [0.1, 0.15) is 15.9 Å². The first-order valence-corrected chi connectivity index (χ1v) is 7.55. The number of benzene rings is 2. The molecule has 2 aromatic carbocycles. The highest BCUT2D eigenvalue weighted by atomic mass is 19.4. The summed E-state index contributed by atoms with van der Waals surface area (Å²) in [5.74, 6) is 0.310. The van der Waals surface area contributed by atoms with E-state index in [1.165, 1.54) is 12.1 Å². The van der Waals surface area contributed by atoms with Crippen molar-refractivity contribution in [2.24, 2.45) is 7.05 Å². The van der Waals surface area contributed by atoms with Gasteiger partial charge in [0.15, 0.2) is 0 Å². The van der Waals surface area contributed by atoms with Crippen molar-refractivity contribution in [1.29, 1.82) is 0 Å². The highest BCUT2D eigenvalue weighted by Gasteiger charge is 2.30. The van der Waals surface area contributed by atoms with Gasteiger partial charge in [0.25, 0.3) is 5.91 Å². The smallest absolute Gasteiger partial charge is 0.338 e. The van der Waals surface area contributed by atoms with Crippen LogP contribution in [0.25, 0.3) is 11.1 Å². The molecule has 0 saturated carbocycles. The average Bonchev–Trinajstić information content (AvgIpc) is 2.99. The Morgan fingerprint density at radius 3 is 2.24 bits per heavy atom. The van der Waals surface area contributed by atoms with Crippen LogP contribution in [-0.4, -0.2) is 10.5 Å². The Hall–Kier alpha value is -3.02. The van der Waals surface area contributed by atoms with E-state index in [9.17, 15) is 18.0 Å². The first-order valence-electron chi connectivity index (χ1n) is 7.55. The van der Waals surface area contributed by atoms with Crippen LogP contribution in [0.5, 0.6) is 0 Å². The van der Waals surface area contributed by atoms with Gasteiger partial charge in [-0.2, -0.15) is 13.2 Å². The topological polar surface area (TPSA) is 34.0 Å². The summed E-state index contributed by atoms with van der Waals surface area (Å²) >= 11 is 0. The molecule has 0 aliphatic carbocycles. The molecular formula is C19H15F3N2O. The molecule has 0 fully saturated rings. The first-order chi connectivity index (χ1) is 11.9. The lowest BCUT2D eigenvalue weighted by molar-refractivity contribution is -0.137. The van der Waals surface area contributed by atoms with Crippen LogP contribution < -0.4 is 5.32 Å². The van der Waals surface area contributed by atoms with Crippen LogP contribution in [0.15, 0.2) is 66.9 Å². The second kappa shape index (κ2) is 6.47. The van der Waals surface area contributed by atoms with Gasteiger partial charge in [0.1, 0.15) is 5.82 Å². The molecule has 0 aliphatic heterocycles. The van der Waals surface area contributed by atoms with Crippen molar-refractivity contribution >= 4 is 11.7 Å². The van der Waals surface area contributed by atoms with Crippen molar-refractivity contribution in [3.8, 4) is 11.1 Å². The third kappa shape index (κ3) is 3.57. The molecule has 0 atom stereocenters. The van der Waals surface area contributed by atoms with Crippen molar-refractivity contribution in [2.45, 2.75) is 6.18 Å². The molecule has 0 saturated heterocycles. The number of aryl methyl sites for hydroxylation is 1. The van der Waals surface area contributed by atoms with Gasteiger partial charge >= 0.3 is 6.18 Å². The van der Waals surface area contributed by atoms with E-state index in [0.29, 0.717) is 22.5 Å². The number of carbonyl (C=O) groups is 1. The van der Waals surface area contributed by atoms with Gasteiger partial charge in [-0.3, -0.25) is 4.79 Å². The van der Waals surface area contributed by atoms with Gasteiger partial charge in [0, 0.05) is 18.8 Å². The van der Waals surface area contributed by atoms with Gasteiger partial charge in [-0.05, 0) is 41.5 Å². The summed E-state index contributed by atoms with van der Waals surface area (Å²) in [5, 5.41) is 2.80. The van der Waals surface area contributed by atoms with E-state index in [1.54, 1.807) is 54.2 Å². The second-order valence-electron chi connectivity index (χ2n) is 5.58. The average molecular weight is 344 g/mol. The lowest BCUT2D eigenvalue weighted by Gasteiger charge is -2.12. The lowest BCUT2D eigenvalue weighted by atomic mass is 9.98. The van der Waals surface area contributed by atoms with Crippen molar-refractivity contribution in [2.75, 3.05) is 5.32 Å². The van der Waals surface area contributed by atoms with Crippen LogP contribution in [0.3, 0.4) is 0 Å². The number of carbonyl (C=O) groups excluding carboxylic acids is 1. The second-order valence-corrected chi connectivity index (χ2v) is 5.58. The van der Waals surface area contributed by atoms with Crippen LogP contribution >= 0.6 is 0 Å². The summed E-state index contributed by atoms with van der Waals surface area (Å²) in [6, 6.07) is 15.2. The number of anilines is 1. The number of nitrogens with one attached hydrogen (secondary N) is 1. The Bertz CT molecular complexity index is 896. The number of halogens is 3. The number of hydrogen-bond donors (Lipinski definition) is 1. The van der Waals surface area contributed by atoms with Crippen molar-refractivity contribution in [1.82, 2.24) is 4.57 Å². The molecule has 128 valence electrons. The quantitative estimate of drug-likeness (QED) is 0.716. The highest BCUT2D eigenvalue weighted by molar-refractivity contribution is 6.08. The summed E-state index contributed by atoms with van der Waals surface area (Å²) in [6.45, 7) is 0. The molecule has 0 unspecified atom stereocenters. The molecular weight excluding hydrogens is 329 g/mol. The van der Waals surface area contributed by atoms with E-state index in [4.69, 9.17) is 0 Å². The molecule has 0 aliphatic rings. The third-order valence-corrected chi connectivity index (χ3v) is 3.88. The summed E-state index contributed by atoms with van der Waals surface area (Å²) in [4.78, 5) is 12.6. The van der Waals surface area contributed by atoms with Gasteiger partial charge in [-0.25, -0.2) is 0 Å². The van der Waals surface area contributed by atoms with Crippen LogP contribution in [0, 0.1) is 0 Å². The molecule has 3 nitrogen and oxygen atoms in total. The van der Waals surface area contributed by atoms with Crippen molar-refractivity contribution in [3.63, 3.8) is 0 Å². The highest BCUT2D eigenvalue weighted by Crippen LogP contribution is 2.32. The van der Waals surface area contributed by atoms with Crippen molar-refractivity contribution in [3.05, 3.63) is 78.0 Å². The molecule has 1 heterocycles. The zero-order valence-electron chi connectivity index (χ0n) is 13.3. The monoisotopic (exact) mass is 344 g/mol. The largest absolute Gasteiger partial charge is 0.416 e. The van der Waals surface area contributed by atoms with Gasteiger partial charge in [0.05, 0.1) is 5.56 Å². The fourth-order valence-corrected chi connectivity index (χ4v) is 2.55. The van der Waals surface area contributed by atoms with Crippen LogP contribution in [0.2, 0.25) is 0 Å². The van der Waals surface area contributed by atoms with Gasteiger partial charge in [0.2, 0.25) is 0 Å². The predicted molar refractivity (Wildman–Crippen MR) is 90.2 cm³/mol. The van der Waals surface area contributed by atoms with E-state index in [-0.39, 0.29) is 5.91 Å². The molecule has 3 aromatic rings. The number of amides is 1. The lowest BCUT2D eigenvalue weighted by Crippen LogP contribution is -2.15. The summed E-state index contributed by atoms with van der Waals surface area (Å²) in [5.41, 5.74) is 0.791. The Balaban J connectivity index is 1.93. The Morgan fingerprint density at radius 1 is 0.960 bits per heavy atom. The SMILES string of the molecule is Cn1cccc1NC(=O)c1ccccc1-c1ccc(C(F)(F)F)cc1.